The lowest BCUT2D eigenvalue weighted by molar-refractivity contribution is -0.139. The minimum Gasteiger partial charge on any atom is -0.468 e. The van der Waals surface area contributed by atoms with Gasteiger partial charge in [0.1, 0.15) is 12.4 Å². The van der Waals surface area contributed by atoms with Gasteiger partial charge in [0.2, 0.25) is 0 Å². The maximum Gasteiger partial charge on any atom is 0.325 e. The Bertz CT molecular complexity index is 1370. The fourth-order valence-corrected chi connectivity index (χ4v) is 3.45. The standard InChI is InChI=1S/C25H21FN4O4/c1-34-22(31)14-27-25(33)23-20-7-2-3-8-21(20)30(29-23)15-16-5-4-6-19(13-16)28-24(32)17-9-11-18(26)12-10-17/h2-13H,14-15H2,1H3,(H,27,33)(H,28,32). The number of rotatable bonds is 7. The minimum atomic E-state index is -0.559. The van der Waals surface area contributed by atoms with Crippen LogP contribution in [0.4, 0.5) is 10.1 Å². The molecule has 4 aromatic rings. The average molecular weight is 460 g/mol. The molecule has 0 spiro atoms. The van der Waals surface area contributed by atoms with Gasteiger partial charge in [0.15, 0.2) is 5.69 Å². The van der Waals surface area contributed by atoms with Gasteiger partial charge in [-0.05, 0) is 48.0 Å². The van der Waals surface area contributed by atoms with Crippen molar-refractivity contribution >= 4 is 34.4 Å². The summed E-state index contributed by atoms with van der Waals surface area (Å²) in [5, 5.41) is 10.4. The van der Waals surface area contributed by atoms with Gasteiger partial charge in [-0.25, -0.2) is 4.39 Å². The number of carbonyl (C=O) groups excluding carboxylic acids is 3. The highest BCUT2D eigenvalue weighted by Gasteiger charge is 2.18. The lowest BCUT2D eigenvalue weighted by Crippen LogP contribution is -2.30. The predicted octanol–water partition coefficient (Wildman–Crippen LogP) is 3.38. The van der Waals surface area contributed by atoms with Crippen LogP contribution in [-0.4, -0.2) is 41.2 Å². The Morgan fingerprint density at radius 2 is 1.74 bits per heavy atom. The number of carbonyl (C=O) groups is 3. The van der Waals surface area contributed by atoms with Gasteiger partial charge in [0.05, 0.1) is 19.2 Å². The molecule has 0 atom stereocenters. The zero-order valence-corrected chi connectivity index (χ0v) is 18.2. The minimum absolute atomic E-state index is 0.195. The van der Waals surface area contributed by atoms with Gasteiger partial charge in [-0.2, -0.15) is 5.10 Å². The van der Waals surface area contributed by atoms with Crippen molar-refractivity contribution in [3.05, 3.63) is 95.4 Å². The number of anilines is 1. The third kappa shape index (κ3) is 5.09. The van der Waals surface area contributed by atoms with E-state index in [1.807, 2.05) is 18.2 Å². The number of ether oxygens (including phenoxy) is 1. The number of para-hydroxylation sites is 1. The predicted molar refractivity (Wildman–Crippen MR) is 124 cm³/mol. The monoisotopic (exact) mass is 460 g/mol. The van der Waals surface area contributed by atoms with Crippen LogP contribution in [0.5, 0.6) is 0 Å². The van der Waals surface area contributed by atoms with Crippen LogP contribution in [0.2, 0.25) is 0 Å². The van der Waals surface area contributed by atoms with Gasteiger partial charge in [-0.1, -0.05) is 30.3 Å². The second kappa shape index (κ2) is 9.95. The van der Waals surface area contributed by atoms with Crippen LogP contribution in [0.3, 0.4) is 0 Å². The Morgan fingerprint density at radius 1 is 0.971 bits per heavy atom. The highest BCUT2D eigenvalue weighted by atomic mass is 19.1. The van der Waals surface area contributed by atoms with Gasteiger partial charge in [0.25, 0.3) is 11.8 Å². The summed E-state index contributed by atoms with van der Waals surface area (Å²) in [6.45, 7) is 0.0807. The molecule has 4 rings (SSSR count). The summed E-state index contributed by atoms with van der Waals surface area (Å²) < 4.78 is 19.3. The van der Waals surface area contributed by atoms with Crippen molar-refractivity contribution in [2.24, 2.45) is 0 Å². The number of hydrogen-bond acceptors (Lipinski definition) is 5. The van der Waals surface area contributed by atoms with E-state index >= 15 is 0 Å². The molecule has 0 aliphatic rings. The van der Waals surface area contributed by atoms with Crippen molar-refractivity contribution < 1.29 is 23.5 Å². The molecule has 1 heterocycles. The third-order valence-electron chi connectivity index (χ3n) is 5.12. The van der Waals surface area contributed by atoms with Crippen LogP contribution in [-0.2, 0) is 16.1 Å². The van der Waals surface area contributed by atoms with E-state index in [-0.39, 0.29) is 18.1 Å². The Labute approximate surface area is 194 Å². The molecule has 172 valence electrons. The average Bonchev–Trinajstić information content (AvgIpc) is 3.21. The lowest BCUT2D eigenvalue weighted by atomic mass is 10.1. The number of methoxy groups -OCH3 is 1. The topological polar surface area (TPSA) is 102 Å². The number of amides is 2. The van der Waals surface area contributed by atoms with Crippen molar-refractivity contribution in [3.8, 4) is 0 Å². The molecule has 0 unspecified atom stereocenters. The number of nitrogens with one attached hydrogen (secondary N) is 2. The fourth-order valence-electron chi connectivity index (χ4n) is 3.45. The molecule has 9 heteroatoms. The van der Waals surface area contributed by atoms with Crippen molar-refractivity contribution in [1.29, 1.82) is 0 Å². The molecule has 0 saturated carbocycles. The zero-order chi connectivity index (χ0) is 24.1. The van der Waals surface area contributed by atoms with Crippen LogP contribution in [0.1, 0.15) is 26.4 Å². The molecule has 0 bridgehead atoms. The first kappa shape index (κ1) is 22.7. The van der Waals surface area contributed by atoms with Crippen molar-refractivity contribution in [2.75, 3.05) is 19.0 Å². The summed E-state index contributed by atoms with van der Waals surface area (Å²) in [5.74, 6) is -1.81. The van der Waals surface area contributed by atoms with E-state index in [9.17, 15) is 18.8 Å². The van der Waals surface area contributed by atoms with Gasteiger partial charge >= 0.3 is 5.97 Å². The first-order valence-electron chi connectivity index (χ1n) is 10.4. The molecule has 0 aliphatic carbocycles. The van der Waals surface area contributed by atoms with Crippen molar-refractivity contribution in [2.45, 2.75) is 6.54 Å². The molecule has 2 amide bonds. The second-order valence-electron chi connectivity index (χ2n) is 7.44. The first-order chi connectivity index (χ1) is 16.4. The van der Waals surface area contributed by atoms with Crippen LogP contribution >= 0.6 is 0 Å². The molecule has 34 heavy (non-hydrogen) atoms. The maximum atomic E-state index is 13.1. The number of fused-ring (bicyclic) bond motifs is 1. The molecule has 0 saturated heterocycles. The van der Waals surface area contributed by atoms with Gasteiger partial charge < -0.3 is 15.4 Å². The highest BCUT2D eigenvalue weighted by molar-refractivity contribution is 6.06. The Morgan fingerprint density at radius 3 is 2.50 bits per heavy atom. The number of esters is 1. The number of hydrogen-bond donors (Lipinski definition) is 2. The molecule has 1 aromatic heterocycles. The summed E-state index contributed by atoms with van der Waals surface area (Å²) in [6, 6.07) is 19.8. The van der Waals surface area contributed by atoms with E-state index in [0.717, 1.165) is 11.1 Å². The summed E-state index contributed by atoms with van der Waals surface area (Å²) in [5.41, 5.74) is 2.69. The van der Waals surface area contributed by atoms with Crippen LogP contribution in [0.25, 0.3) is 10.9 Å². The third-order valence-corrected chi connectivity index (χ3v) is 5.12. The fraction of sp³-hybridized carbons (Fsp3) is 0.120. The Hall–Kier alpha value is -4.53. The number of benzene rings is 3. The zero-order valence-electron chi connectivity index (χ0n) is 18.2. The summed E-state index contributed by atoms with van der Waals surface area (Å²) in [6.07, 6.45) is 0. The molecular weight excluding hydrogens is 439 g/mol. The normalized spacial score (nSPS) is 10.6. The number of aromatic nitrogens is 2. The van der Waals surface area contributed by atoms with E-state index in [0.29, 0.717) is 23.2 Å². The molecule has 0 fully saturated rings. The molecule has 0 radical (unpaired) electrons. The second-order valence-corrected chi connectivity index (χ2v) is 7.44. The molecular formula is C25H21FN4O4. The number of halogens is 1. The molecule has 3 aromatic carbocycles. The van der Waals surface area contributed by atoms with Gasteiger partial charge in [0, 0.05) is 16.6 Å². The van der Waals surface area contributed by atoms with E-state index < -0.39 is 17.7 Å². The Kier molecular flexibility index (Phi) is 6.63. The SMILES string of the molecule is COC(=O)CNC(=O)c1nn(Cc2cccc(NC(=O)c3ccc(F)cc3)c2)c2ccccc12. The van der Waals surface area contributed by atoms with Crippen LogP contribution in [0, 0.1) is 5.82 Å². The lowest BCUT2D eigenvalue weighted by Gasteiger charge is -2.09. The smallest absolute Gasteiger partial charge is 0.325 e. The van der Waals surface area contributed by atoms with Crippen LogP contribution in [0.15, 0.2) is 72.8 Å². The summed E-state index contributed by atoms with van der Waals surface area (Å²) in [4.78, 5) is 36.4. The van der Waals surface area contributed by atoms with Crippen LogP contribution < -0.4 is 10.6 Å². The summed E-state index contributed by atoms with van der Waals surface area (Å²) >= 11 is 0. The number of nitrogens with zero attached hydrogens (tertiary/aromatic N) is 2. The summed E-state index contributed by atoms with van der Waals surface area (Å²) in [7, 11) is 1.24. The van der Waals surface area contributed by atoms with E-state index in [1.165, 1.54) is 31.4 Å². The van der Waals surface area contributed by atoms with E-state index in [4.69, 9.17) is 0 Å². The molecule has 0 aliphatic heterocycles. The first-order valence-corrected chi connectivity index (χ1v) is 10.4. The van der Waals surface area contributed by atoms with E-state index in [1.54, 1.807) is 35.0 Å². The maximum absolute atomic E-state index is 13.1. The molecule has 2 N–H and O–H groups in total. The Balaban J connectivity index is 1.55. The van der Waals surface area contributed by atoms with E-state index in [2.05, 4.69) is 20.5 Å². The highest BCUT2D eigenvalue weighted by Crippen LogP contribution is 2.21. The van der Waals surface area contributed by atoms with Crippen molar-refractivity contribution in [3.63, 3.8) is 0 Å². The largest absolute Gasteiger partial charge is 0.468 e. The van der Waals surface area contributed by atoms with Gasteiger partial charge in [-0.15, -0.1) is 0 Å². The van der Waals surface area contributed by atoms with Crippen molar-refractivity contribution in [1.82, 2.24) is 15.1 Å². The quantitative estimate of drug-likeness (QED) is 0.412. The van der Waals surface area contributed by atoms with Gasteiger partial charge in [-0.3, -0.25) is 19.1 Å². The molecule has 8 nitrogen and oxygen atoms in total.